The van der Waals surface area contributed by atoms with Crippen LogP contribution in [0.15, 0.2) is 12.2 Å². The van der Waals surface area contributed by atoms with Crippen molar-refractivity contribution in [2.45, 2.75) is 76.7 Å². The number of Topliss-reactive ketones (excluding diaryl/α,β-unsaturated/α-hetero) is 1. The number of rotatable bonds is 1. The molecule has 0 aromatic rings. The molecule has 1 rings (SSSR count). The van der Waals surface area contributed by atoms with Crippen LogP contribution in [-0.2, 0) is 9.53 Å². The van der Waals surface area contributed by atoms with Crippen LogP contribution in [0.5, 0.6) is 0 Å². The van der Waals surface area contributed by atoms with Crippen LogP contribution in [-0.4, -0.2) is 19.0 Å². The number of hydrogen-bond acceptors (Lipinski definition) is 2. The van der Waals surface area contributed by atoms with Crippen LogP contribution < -0.4 is 0 Å². The number of ketones is 1. The van der Waals surface area contributed by atoms with Crippen molar-refractivity contribution in [1.82, 2.24) is 0 Å². The van der Waals surface area contributed by atoms with E-state index >= 15 is 0 Å². The fourth-order valence-electron chi connectivity index (χ4n) is 2.46. The Kier molecular flexibility index (Phi) is 8.83. The summed E-state index contributed by atoms with van der Waals surface area (Å²) in [5, 5.41) is 0. The molecule has 1 unspecified atom stereocenters. The minimum Gasteiger partial charge on any atom is -0.381 e. The summed E-state index contributed by atoms with van der Waals surface area (Å²) in [7, 11) is 1.77. The largest absolute Gasteiger partial charge is 0.381 e. The van der Waals surface area contributed by atoms with Crippen molar-refractivity contribution in [3.05, 3.63) is 12.2 Å². The second-order valence-corrected chi connectivity index (χ2v) is 5.30. The lowest BCUT2D eigenvalue weighted by atomic mass is 10.0. The molecule has 0 heterocycles. The highest BCUT2D eigenvalue weighted by Gasteiger charge is 2.08. The minimum absolute atomic E-state index is 0.291. The summed E-state index contributed by atoms with van der Waals surface area (Å²) in [6.07, 6.45) is 16.7. The highest BCUT2D eigenvalue weighted by molar-refractivity contribution is 5.78. The molecule has 0 aromatic carbocycles. The summed E-state index contributed by atoms with van der Waals surface area (Å²) in [4.78, 5) is 11.7. The molecular formula is C16H28O2. The van der Waals surface area contributed by atoms with Gasteiger partial charge in [0, 0.05) is 20.0 Å². The lowest BCUT2D eigenvalue weighted by Gasteiger charge is -2.12. The maximum atomic E-state index is 11.7. The van der Waals surface area contributed by atoms with Crippen LogP contribution in [0.1, 0.15) is 70.6 Å². The Bertz CT molecular complexity index is 245. The van der Waals surface area contributed by atoms with E-state index in [9.17, 15) is 4.79 Å². The molecule has 104 valence electrons. The lowest BCUT2D eigenvalue weighted by molar-refractivity contribution is -0.119. The van der Waals surface area contributed by atoms with Gasteiger partial charge < -0.3 is 4.74 Å². The fourth-order valence-corrected chi connectivity index (χ4v) is 2.46. The zero-order valence-corrected chi connectivity index (χ0v) is 11.8. The van der Waals surface area contributed by atoms with Gasteiger partial charge >= 0.3 is 0 Å². The van der Waals surface area contributed by atoms with Gasteiger partial charge in [0.1, 0.15) is 5.78 Å². The van der Waals surface area contributed by atoms with E-state index in [-0.39, 0.29) is 0 Å². The van der Waals surface area contributed by atoms with Gasteiger partial charge in [0.15, 0.2) is 0 Å². The van der Waals surface area contributed by atoms with Gasteiger partial charge in [-0.15, -0.1) is 0 Å². The number of ether oxygens (including phenoxy) is 1. The van der Waals surface area contributed by atoms with Gasteiger partial charge in [0.25, 0.3) is 0 Å². The van der Waals surface area contributed by atoms with Crippen LogP contribution in [0.2, 0.25) is 0 Å². The molecule has 0 spiro atoms. The third-order valence-electron chi connectivity index (χ3n) is 3.71. The molecule has 0 saturated heterocycles. The first-order valence-corrected chi connectivity index (χ1v) is 7.52. The zero-order chi connectivity index (χ0) is 13.1. The van der Waals surface area contributed by atoms with E-state index in [4.69, 9.17) is 4.74 Å². The molecule has 0 saturated carbocycles. The molecule has 1 atom stereocenters. The molecule has 0 bridgehead atoms. The van der Waals surface area contributed by atoms with Gasteiger partial charge in [0.2, 0.25) is 0 Å². The van der Waals surface area contributed by atoms with Crippen molar-refractivity contribution in [3.8, 4) is 0 Å². The van der Waals surface area contributed by atoms with Gasteiger partial charge in [-0.2, -0.15) is 0 Å². The van der Waals surface area contributed by atoms with E-state index in [0.717, 1.165) is 38.5 Å². The van der Waals surface area contributed by atoms with Crippen molar-refractivity contribution in [2.24, 2.45) is 0 Å². The van der Waals surface area contributed by atoms with E-state index < -0.39 is 0 Å². The van der Waals surface area contributed by atoms with E-state index in [2.05, 4.69) is 12.2 Å². The highest BCUT2D eigenvalue weighted by atomic mass is 16.5. The Balaban J connectivity index is 2.35. The molecule has 0 fully saturated rings. The van der Waals surface area contributed by atoms with E-state index in [1.807, 2.05) is 0 Å². The Morgan fingerprint density at radius 3 is 2.56 bits per heavy atom. The summed E-state index contributed by atoms with van der Waals surface area (Å²) < 4.78 is 5.45. The number of carbonyl (C=O) groups is 1. The van der Waals surface area contributed by atoms with E-state index in [0.29, 0.717) is 11.9 Å². The van der Waals surface area contributed by atoms with Crippen molar-refractivity contribution in [1.29, 1.82) is 0 Å². The summed E-state index contributed by atoms with van der Waals surface area (Å²) in [6.45, 7) is 0. The molecule has 0 aromatic heterocycles. The quantitative estimate of drug-likeness (QED) is 0.645. The normalized spacial score (nSPS) is 27.2. The Labute approximate surface area is 112 Å². The Morgan fingerprint density at radius 2 is 1.72 bits per heavy atom. The zero-order valence-electron chi connectivity index (χ0n) is 11.8. The monoisotopic (exact) mass is 252 g/mol. The molecule has 1 aliphatic rings. The standard InChI is InChI=1S/C16H28O2/c1-18-16-13-9-7-5-3-2-4-6-8-11-15(17)12-10-14-16/h7,9,16H,2-6,8,10-14H2,1H3/b9-7+. The maximum absolute atomic E-state index is 11.7. The second kappa shape index (κ2) is 10.3. The molecule has 18 heavy (non-hydrogen) atoms. The minimum atomic E-state index is 0.291. The predicted molar refractivity (Wildman–Crippen MR) is 75.7 cm³/mol. The van der Waals surface area contributed by atoms with Crippen LogP contribution in [0.25, 0.3) is 0 Å². The third kappa shape index (κ3) is 7.65. The topological polar surface area (TPSA) is 26.3 Å². The number of methoxy groups -OCH3 is 1. The van der Waals surface area contributed by atoms with Crippen LogP contribution in [0.4, 0.5) is 0 Å². The maximum Gasteiger partial charge on any atom is 0.132 e. The van der Waals surface area contributed by atoms with E-state index in [1.54, 1.807) is 7.11 Å². The molecule has 0 amide bonds. The van der Waals surface area contributed by atoms with Gasteiger partial charge in [-0.25, -0.2) is 0 Å². The Morgan fingerprint density at radius 1 is 1.00 bits per heavy atom. The lowest BCUT2D eigenvalue weighted by Crippen LogP contribution is -2.10. The van der Waals surface area contributed by atoms with Crippen molar-refractivity contribution in [3.63, 3.8) is 0 Å². The average Bonchev–Trinajstić information content (AvgIpc) is 2.38. The van der Waals surface area contributed by atoms with Crippen LogP contribution >= 0.6 is 0 Å². The highest BCUT2D eigenvalue weighted by Crippen LogP contribution is 2.14. The second-order valence-electron chi connectivity index (χ2n) is 5.30. The van der Waals surface area contributed by atoms with Crippen LogP contribution in [0, 0.1) is 0 Å². The number of hydrogen-bond donors (Lipinski definition) is 0. The molecule has 1 aliphatic carbocycles. The Hall–Kier alpha value is -0.630. The van der Waals surface area contributed by atoms with Crippen LogP contribution in [0.3, 0.4) is 0 Å². The predicted octanol–water partition coefficient (Wildman–Crippen LogP) is 4.43. The third-order valence-corrected chi connectivity index (χ3v) is 3.71. The summed E-state index contributed by atoms with van der Waals surface area (Å²) in [5.74, 6) is 0.440. The van der Waals surface area contributed by atoms with Gasteiger partial charge in [-0.05, 0) is 38.5 Å². The molecular weight excluding hydrogens is 224 g/mol. The average molecular weight is 252 g/mol. The molecule has 0 N–H and O–H groups in total. The van der Waals surface area contributed by atoms with Gasteiger partial charge in [-0.3, -0.25) is 4.79 Å². The van der Waals surface area contributed by atoms with Gasteiger partial charge in [-0.1, -0.05) is 31.4 Å². The summed E-state index contributed by atoms with van der Waals surface area (Å²) in [5.41, 5.74) is 0. The van der Waals surface area contributed by atoms with Crippen molar-refractivity contribution in [2.75, 3.05) is 7.11 Å². The molecule has 0 radical (unpaired) electrons. The molecule has 0 aliphatic heterocycles. The number of allylic oxidation sites excluding steroid dienone is 1. The number of carbonyl (C=O) groups excluding carboxylic acids is 1. The first-order valence-electron chi connectivity index (χ1n) is 7.52. The van der Waals surface area contributed by atoms with Crippen molar-refractivity contribution < 1.29 is 9.53 Å². The van der Waals surface area contributed by atoms with Crippen molar-refractivity contribution >= 4 is 5.78 Å². The first-order chi connectivity index (χ1) is 8.83. The van der Waals surface area contributed by atoms with Gasteiger partial charge in [0.05, 0.1) is 6.10 Å². The molecule has 2 nitrogen and oxygen atoms in total. The fraction of sp³-hybridized carbons (Fsp3) is 0.812. The molecule has 2 heteroatoms. The summed E-state index contributed by atoms with van der Waals surface area (Å²) in [6, 6.07) is 0. The summed E-state index contributed by atoms with van der Waals surface area (Å²) >= 11 is 0. The SMILES string of the molecule is COC1C/C=C/CCCCCCCC(=O)CCC1. The van der Waals surface area contributed by atoms with E-state index in [1.165, 1.54) is 32.1 Å². The smallest absolute Gasteiger partial charge is 0.132 e. The first kappa shape index (κ1) is 15.4.